The lowest BCUT2D eigenvalue weighted by Crippen LogP contribution is -2.29. The minimum absolute atomic E-state index is 0.0300. The molecule has 94 valence electrons. The van der Waals surface area contributed by atoms with Crippen molar-refractivity contribution in [3.8, 4) is 0 Å². The Morgan fingerprint density at radius 3 is 2.72 bits per heavy atom. The number of nitrogens with zero attached hydrogens (tertiary/aromatic N) is 1. The average molecular weight is 307 g/mol. The number of benzene rings is 1. The third-order valence-electron chi connectivity index (χ3n) is 2.77. The van der Waals surface area contributed by atoms with E-state index in [4.69, 9.17) is 11.6 Å². The van der Waals surface area contributed by atoms with Gasteiger partial charge >= 0.3 is 0 Å². The third kappa shape index (κ3) is 3.07. The lowest BCUT2D eigenvalue weighted by Gasteiger charge is -2.18. The Labute approximate surface area is 115 Å². The number of halogens is 1. The molecule has 0 aliphatic heterocycles. The van der Waals surface area contributed by atoms with Crippen LogP contribution in [0.4, 0.5) is 5.82 Å². The van der Waals surface area contributed by atoms with Crippen molar-refractivity contribution in [3.63, 3.8) is 0 Å². The Bertz CT molecular complexity index is 530. The van der Waals surface area contributed by atoms with E-state index >= 15 is 0 Å². The number of rotatable bonds is 4. The quantitative estimate of drug-likeness (QED) is 0.597. The minimum Gasteiger partial charge on any atom is -0.384 e. The van der Waals surface area contributed by atoms with Crippen LogP contribution in [0.2, 0.25) is 0 Å². The Kier molecular flexibility index (Phi) is 4.30. The highest BCUT2D eigenvalue weighted by molar-refractivity contribution is 9.10. The van der Waals surface area contributed by atoms with Crippen molar-refractivity contribution >= 4 is 21.7 Å². The predicted molar refractivity (Wildman–Crippen MR) is 76.6 cm³/mol. The molecular formula is C13H15BrN4. The number of nitrogens with two attached hydrogens (primary N) is 2. The Morgan fingerprint density at radius 2 is 2.06 bits per heavy atom. The molecule has 0 amide bonds. The summed E-state index contributed by atoms with van der Waals surface area (Å²) in [5, 5.41) is 0. The lowest BCUT2D eigenvalue weighted by atomic mass is 10.00. The zero-order valence-corrected chi connectivity index (χ0v) is 11.4. The molecule has 0 radical (unpaired) electrons. The fourth-order valence-corrected chi connectivity index (χ4v) is 2.43. The number of nitrogen functional groups attached to an aromatic ring is 1. The topological polar surface area (TPSA) is 77.0 Å². The highest BCUT2D eigenvalue weighted by atomic mass is 79.9. The summed E-state index contributed by atoms with van der Waals surface area (Å²) in [7, 11) is 0. The van der Waals surface area contributed by atoms with Gasteiger partial charge in [0.15, 0.2) is 0 Å². The summed E-state index contributed by atoms with van der Waals surface area (Å²) in [6.07, 6.45) is 2.46. The first-order valence-electron chi connectivity index (χ1n) is 5.61. The van der Waals surface area contributed by atoms with Crippen LogP contribution in [0.25, 0.3) is 0 Å². The summed E-state index contributed by atoms with van der Waals surface area (Å²) in [5.74, 6) is 6.17. The smallest absolute Gasteiger partial charge is 0.123 e. The van der Waals surface area contributed by atoms with Crippen LogP contribution in [-0.2, 0) is 6.42 Å². The number of hydrogen-bond donors (Lipinski definition) is 3. The van der Waals surface area contributed by atoms with E-state index in [0.29, 0.717) is 5.82 Å². The van der Waals surface area contributed by atoms with Gasteiger partial charge in [0.25, 0.3) is 0 Å². The maximum Gasteiger partial charge on any atom is 0.123 e. The Morgan fingerprint density at radius 1 is 1.28 bits per heavy atom. The second-order valence-corrected chi connectivity index (χ2v) is 4.89. The van der Waals surface area contributed by atoms with Crippen LogP contribution in [-0.4, -0.2) is 4.98 Å². The number of nitrogens with one attached hydrogen (secondary N) is 1. The molecule has 1 aromatic heterocycles. The molecule has 1 atom stereocenters. The molecular weight excluding hydrogens is 292 g/mol. The maximum atomic E-state index is 5.67. The van der Waals surface area contributed by atoms with Crippen LogP contribution >= 0.6 is 15.9 Å². The van der Waals surface area contributed by atoms with Crippen LogP contribution in [0.5, 0.6) is 0 Å². The molecule has 1 heterocycles. The monoisotopic (exact) mass is 306 g/mol. The first-order chi connectivity index (χ1) is 8.70. The van der Waals surface area contributed by atoms with Gasteiger partial charge in [-0.25, -0.2) is 4.98 Å². The predicted octanol–water partition coefficient (Wildman–Crippen LogP) is 2.17. The first kappa shape index (κ1) is 13.0. The number of anilines is 1. The molecule has 0 spiro atoms. The van der Waals surface area contributed by atoms with Gasteiger partial charge in [0.2, 0.25) is 0 Å². The molecule has 0 fully saturated rings. The van der Waals surface area contributed by atoms with Gasteiger partial charge in [-0.1, -0.05) is 34.1 Å². The number of pyridine rings is 1. The van der Waals surface area contributed by atoms with Gasteiger partial charge in [0.1, 0.15) is 5.82 Å². The summed E-state index contributed by atoms with van der Waals surface area (Å²) in [6, 6.07) is 11.8. The molecule has 0 bridgehead atoms. The normalized spacial score (nSPS) is 12.3. The molecule has 2 rings (SSSR count). The van der Waals surface area contributed by atoms with Gasteiger partial charge in [-0.3, -0.25) is 11.3 Å². The van der Waals surface area contributed by atoms with Crippen molar-refractivity contribution in [1.29, 1.82) is 0 Å². The summed E-state index contributed by atoms with van der Waals surface area (Å²) in [6.45, 7) is 0. The fourth-order valence-electron chi connectivity index (χ4n) is 1.87. The van der Waals surface area contributed by atoms with E-state index in [1.54, 1.807) is 6.20 Å². The highest BCUT2D eigenvalue weighted by Gasteiger charge is 2.13. The van der Waals surface area contributed by atoms with Gasteiger partial charge in [0, 0.05) is 10.7 Å². The number of aromatic nitrogens is 1. The van der Waals surface area contributed by atoms with E-state index in [-0.39, 0.29) is 6.04 Å². The zero-order chi connectivity index (χ0) is 13.0. The third-order valence-corrected chi connectivity index (χ3v) is 3.49. The molecule has 5 heteroatoms. The summed E-state index contributed by atoms with van der Waals surface area (Å²) >= 11 is 3.53. The van der Waals surface area contributed by atoms with E-state index in [1.165, 1.54) is 0 Å². The fraction of sp³-hybridized carbons (Fsp3) is 0.154. The van der Waals surface area contributed by atoms with E-state index in [0.717, 1.165) is 22.0 Å². The van der Waals surface area contributed by atoms with Crippen molar-refractivity contribution < 1.29 is 0 Å². The van der Waals surface area contributed by atoms with Gasteiger partial charge < -0.3 is 5.73 Å². The molecule has 4 nitrogen and oxygen atoms in total. The van der Waals surface area contributed by atoms with E-state index in [1.807, 2.05) is 36.4 Å². The SMILES string of the molecule is NNC(Cc1ccnc(N)c1)c1ccccc1Br. The minimum atomic E-state index is 0.0300. The largest absolute Gasteiger partial charge is 0.384 e. The zero-order valence-electron chi connectivity index (χ0n) is 9.81. The standard InChI is InChI=1S/C13H15BrN4/c14-11-4-2-1-3-10(11)12(18-16)7-9-5-6-17-13(15)8-9/h1-6,8,12,18H,7,16H2,(H2,15,17). The number of hydrazine groups is 1. The summed E-state index contributed by atoms with van der Waals surface area (Å²) in [4.78, 5) is 3.98. The van der Waals surface area contributed by atoms with Gasteiger partial charge in [-0.05, 0) is 35.7 Å². The van der Waals surface area contributed by atoms with Gasteiger partial charge in [-0.2, -0.15) is 0 Å². The Balaban J connectivity index is 2.23. The number of hydrogen-bond acceptors (Lipinski definition) is 4. The maximum absolute atomic E-state index is 5.67. The summed E-state index contributed by atoms with van der Waals surface area (Å²) in [5.41, 5.74) is 10.7. The van der Waals surface area contributed by atoms with E-state index < -0.39 is 0 Å². The van der Waals surface area contributed by atoms with Crippen LogP contribution in [0, 0.1) is 0 Å². The van der Waals surface area contributed by atoms with Gasteiger partial charge in [0.05, 0.1) is 6.04 Å². The van der Waals surface area contributed by atoms with Crippen molar-refractivity contribution in [2.45, 2.75) is 12.5 Å². The van der Waals surface area contributed by atoms with Crippen molar-refractivity contribution in [2.24, 2.45) is 5.84 Å². The second-order valence-electron chi connectivity index (χ2n) is 4.03. The lowest BCUT2D eigenvalue weighted by molar-refractivity contribution is 0.550. The van der Waals surface area contributed by atoms with Crippen molar-refractivity contribution in [2.75, 3.05) is 5.73 Å². The molecule has 0 aliphatic carbocycles. The summed E-state index contributed by atoms with van der Waals surface area (Å²) < 4.78 is 1.04. The first-order valence-corrected chi connectivity index (χ1v) is 6.41. The van der Waals surface area contributed by atoms with Crippen molar-refractivity contribution in [1.82, 2.24) is 10.4 Å². The molecule has 0 saturated heterocycles. The molecule has 0 aliphatic rings. The highest BCUT2D eigenvalue weighted by Crippen LogP contribution is 2.25. The molecule has 0 saturated carbocycles. The van der Waals surface area contributed by atoms with E-state index in [2.05, 4.69) is 26.3 Å². The molecule has 1 aromatic carbocycles. The van der Waals surface area contributed by atoms with Crippen molar-refractivity contribution in [3.05, 3.63) is 58.2 Å². The molecule has 1 unspecified atom stereocenters. The van der Waals surface area contributed by atoms with E-state index in [9.17, 15) is 0 Å². The average Bonchev–Trinajstić information content (AvgIpc) is 2.37. The van der Waals surface area contributed by atoms with Gasteiger partial charge in [-0.15, -0.1) is 0 Å². The molecule has 2 aromatic rings. The van der Waals surface area contributed by atoms with Crippen LogP contribution < -0.4 is 17.0 Å². The van der Waals surface area contributed by atoms with Crippen LogP contribution in [0.3, 0.4) is 0 Å². The molecule has 5 N–H and O–H groups in total. The van der Waals surface area contributed by atoms with Crippen LogP contribution in [0.1, 0.15) is 17.2 Å². The second kappa shape index (κ2) is 5.95. The molecule has 18 heavy (non-hydrogen) atoms. The Hall–Kier alpha value is -1.43. The van der Waals surface area contributed by atoms with Crippen LogP contribution in [0.15, 0.2) is 47.1 Å².